The molecule has 0 saturated carbocycles. The molecule has 0 aliphatic rings. The Labute approximate surface area is 76.8 Å². The lowest BCUT2D eigenvalue weighted by Crippen LogP contribution is -2.31. The van der Waals surface area contributed by atoms with Crippen LogP contribution in [0.4, 0.5) is 0 Å². The highest BCUT2D eigenvalue weighted by atomic mass is 35.5. The first kappa shape index (κ1) is 17.1. The van der Waals surface area contributed by atoms with Crippen molar-refractivity contribution in [1.29, 1.82) is 0 Å². The molecule has 0 saturated heterocycles. The van der Waals surface area contributed by atoms with Crippen LogP contribution in [0.25, 0.3) is 0 Å². The Bertz CT molecular complexity index is 103. The van der Waals surface area contributed by atoms with Gasteiger partial charge in [-0.15, -0.1) is 24.8 Å². The second-order valence-corrected chi connectivity index (χ2v) is 1.60. The lowest BCUT2D eigenvalue weighted by atomic mass is 10.2. The van der Waals surface area contributed by atoms with Crippen LogP contribution in [-0.2, 0) is 9.63 Å². The summed E-state index contributed by atoms with van der Waals surface area (Å²) in [6.45, 7) is 0.174. The number of carboxylic acid groups (broad SMARTS) is 1. The number of carboxylic acids is 1. The van der Waals surface area contributed by atoms with Gasteiger partial charge in [-0.25, -0.2) is 5.90 Å². The number of carbonyl (C=O) groups is 1. The van der Waals surface area contributed by atoms with E-state index in [4.69, 9.17) is 10.8 Å². The number of halogens is 2. The first-order valence-electron chi connectivity index (χ1n) is 2.48. The van der Waals surface area contributed by atoms with Crippen molar-refractivity contribution in [3.05, 3.63) is 0 Å². The van der Waals surface area contributed by atoms with Gasteiger partial charge in [0.25, 0.3) is 0 Å². The highest BCUT2D eigenvalue weighted by molar-refractivity contribution is 5.85. The molecule has 5 N–H and O–H groups in total. The van der Waals surface area contributed by atoms with Crippen LogP contribution in [0, 0.1) is 0 Å². The molecule has 0 unspecified atom stereocenters. The van der Waals surface area contributed by atoms with Crippen LogP contribution in [-0.4, -0.2) is 23.7 Å². The van der Waals surface area contributed by atoms with Crippen molar-refractivity contribution in [2.24, 2.45) is 11.6 Å². The molecule has 0 heterocycles. The summed E-state index contributed by atoms with van der Waals surface area (Å²) in [6.07, 6.45) is 0.242. The Morgan fingerprint density at radius 1 is 1.55 bits per heavy atom. The van der Waals surface area contributed by atoms with Gasteiger partial charge in [0.05, 0.1) is 6.61 Å². The molecule has 0 aromatic carbocycles. The third-order valence-electron chi connectivity index (χ3n) is 0.864. The van der Waals surface area contributed by atoms with E-state index < -0.39 is 12.0 Å². The molecule has 5 nitrogen and oxygen atoms in total. The molecule has 0 aliphatic heterocycles. The van der Waals surface area contributed by atoms with Crippen molar-refractivity contribution in [3.63, 3.8) is 0 Å². The van der Waals surface area contributed by atoms with E-state index in [1.54, 1.807) is 0 Å². The summed E-state index contributed by atoms with van der Waals surface area (Å²) in [4.78, 5) is 14.1. The largest absolute Gasteiger partial charge is 0.480 e. The van der Waals surface area contributed by atoms with E-state index >= 15 is 0 Å². The topological polar surface area (TPSA) is 98.6 Å². The Kier molecular flexibility index (Phi) is 15.5. The highest BCUT2D eigenvalue weighted by Gasteiger charge is 2.09. The van der Waals surface area contributed by atoms with E-state index in [1.165, 1.54) is 0 Å². The average molecular weight is 207 g/mol. The molecule has 0 aromatic rings. The fourth-order valence-corrected chi connectivity index (χ4v) is 0.318. The molecule has 0 bridgehead atoms. The Morgan fingerprint density at radius 3 is 2.27 bits per heavy atom. The zero-order valence-corrected chi connectivity index (χ0v) is 7.36. The maximum atomic E-state index is 9.98. The Hall–Kier alpha value is -0.0700. The lowest BCUT2D eigenvalue weighted by molar-refractivity contribution is -0.139. The minimum atomic E-state index is -1.04. The van der Waals surface area contributed by atoms with E-state index in [0.717, 1.165) is 0 Å². The zero-order valence-electron chi connectivity index (χ0n) is 5.73. The standard InChI is InChI=1S/C4H10N2O3.2ClH/c5-3(4(7)8)1-2-9-6;;/h3H,1-2,5-6H2,(H,7,8);2*1H/t3-;;/m0../s1. The average Bonchev–Trinajstić information content (AvgIpc) is 1.82. The first-order chi connectivity index (χ1) is 4.18. The van der Waals surface area contributed by atoms with E-state index in [0.29, 0.717) is 0 Å². The minimum absolute atomic E-state index is 0. The van der Waals surface area contributed by atoms with Crippen molar-refractivity contribution in [3.8, 4) is 0 Å². The maximum Gasteiger partial charge on any atom is 0.320 e. The van der Waals surface area contributed by atoms with Gasteiger partial charge in [-0.05, 0) is 6.42 Å². The van der Waals surface area contributed by atoms with Crippen LogP contribution < -0.4 is 11.6 Å². The Morgan fingerprint density at radius 2 is 2.00 bits per heavy atom. The van der Waals surface area contributed by atoms with Gasteiger partial charge in [-0.2, -0.15) is 0 Å². The molecule has 0 rings (SSSR count). The molecule has 0 fully saturated rings. The third-order valence-corrected chi connectivity index (χ3v) is 0.864. The number of nitrogens with two attached hydrogens (primary N) is 2. The fourth-order valence-electron chi connectivity index (χ4n) is 0.318. The number of rotatable bonds is 4. The summed E-state index contributed by atoms with van der Waals surface area (Å²) >= 11 is 0. The molecule has 7 heteroatoms. The van der Waals surface area contributed by atoms with Gasteiger partial charge >= 0.3 is 5.97 Å². The predicted octanol–water partition coefficient (Wildman–Crippen LogP) is -0.478. The summed E-state index contributed by atoms with van der Waals surface area (Å²) in [6, 6.07) is -0.867. The van der Waals surface area contributed by atoms with E-state index in [1.807, 2.05) is 0 Å². The van der Waals surface area contributed by atoms with Crippen LogP contribution in [0.3, 0.4) is 0 Å². The summed E-state index contributed by atoms with van der Waals surface area (Å²) in [5, 5.41) is 8.19. The van der Waals surface area contributed by atoms with Crippen LogP contribution in [0.2, 0.25) is 0 Å². The number of aliphatic carboxylic acids is 1. The maximum absolute atomic E-state index is 9.98. The molecular formula is C4H12Cl2N2O3. The molecule has 70 valence electrons. The normalized spacial score (nSPS) is 10.7. The molecule has 0 spiro atoms. The van der Waals surface area contributed by atoms with Gasteiger partial charge in [0.2, 0.25) is 0 Å². The zero-order chi connectivity index (χ0) is 7.28. The quantitative estimate of drug-likeness (QED) is 0.541. The predicted molar refractivity (Wildman–Crippen MR) is 44.9 cm³/mol. The molecule has 1 atom stereocenters. The smallest absolute Gasteiger partial charge is 0.320 e. The van der Waals surface area contributed by atoms with Crippen LogP contribution >= 0.6 is 24.8 Å². The van der Waals surface area contributed by atoms with Crippen molar-refractivity contribution in [2.45, 2.75) is 12.5 Å². The van der Waals surface area contributed by atoms with E-state index in [9.17, 15) is 4.79 Å². The van der Waals surface area contributed by atoms with Crippen molar-refractivity contribution < 1.29 is 14.7 Å². The summed E-state index contributed by atoms with van der Waals surface area (Å²) in [7, 11) is 0. The van der Waals surface area contributed by atoms with E-state index in [2.05, 4.69) is 10.7 Å². The second kappa shape index (κ2) is 9.93. The van der Waals surface area contributed by atoms with Gasteiger partial charge in [-0.1, -0.05) is 0 Å². The third kappa shape index (κ3) is 9.93. The van der Waals surface area contributed by atoms with Crippen LogP contribution in [0.1, 0.15) is 6.42 Å². The SMILES string of the molecule is Cl.Cl.NOCC[C@H](N)C(=O)O. The molecule has 0 aromatic heterocycles. The number of hydrogen-bond acceptors (Lipinski definition) is 4. The lowest BCUT2D eigenvalue weighted by Gasteiger charge is -2.02. The van der Waals surface area contributed by atoms with Gasteiger partial charge in [0.15, 0.2) is 0 Å². The number of hydrogen-bond donors (Lipinski definition) is 3. The monoisotopic (exact) mass is 206 g/mol. The molecular weight excluding hydrogens is 195 g/mol. The van der Waals surface area contributed by atoms with Crippen LogP contribution in [0.5, 0.6) is 0 Å². The van der Waals surface area contributed by atoms with Crippen molar-refractivity contribution >= 4 is 30.8 Å². The van der Waals surface area contributed by atoms with Gasteiger partial charge in [-0.3, -0.25) is 4.79 Å². The van der Waals surface area contributed by atoms with Crippen molar-refractivity contribution in [2.75, 3.05) is 6.61 Å². The minimum Gasteiger partial charge on any atom is -0.480 e. The summed E-state index contributed by atoms with van der Waals surface area (Å²) in [5.41, 5.74) is 5.07. The van der Waals surface area contributed by atoms with Crippen molar-refractivity contribution in [1.82, 2.24) is 0 Å². The van der Waals surface area contributed by atoms with Crippen LogP contribution in [0.15, 0.2) is 0 Å². The second-order valence-electron chi connectivity index (χ2n) is 1.60. The van der Waals surface area contributed by atoms with Gasteiger partial charge in [0, 0.05) is 0 Å². The fraction of sp³-hybridized carbons (Fsp3) is 0.750. The van der Waals surface area contributed by atoms with Gasteiger partial charge in [0.1, 0.15) is 6.04 Å². The van der Waals surface area contributed by atoms with Gasteiger partial charge < -0.3 is 15.7 Å². The molecule has 11 heavy (non-hydrogen) atoms. The molecule has 0 radical (unpaired) electrons. The first-order valence-corrected chi connectivity index (χ1v) is 2.48. The highest BCUT2D eigenvalue weighted by Crippen LogP contribution is 1.85. The van der Waals surface area contributed by atoms with E-state index in [-0.39, 0.29) is 37.8 Å². The summed E-state index contributed by atoms with van der Waals surface area (Å²) in [5.74, 6) is 3.59. The Balaban J connectivity index is -0.000000320. The summed E-state index contributed by atoms with van der Waals surface area (Å²) < 4.78 is 0. The molecule has 0 amide bonds. The molecule has 0 aliphatic carbocycles.